The van der Waals surface area contributed by atoms with Crippen molar-refractivity contribution in [2.75, 3.05) is 0 Å². The second-order valence-electron chi connectivity index (χ2n) is 4.88. The van der Waals surface area contributed by atoms with Crippen molar-refractivity contribution in [2.45, 2.75) is 36.9 Å². The quantitative estimate of drug-likeness (QED) is 0.160. The first-order valence-electron chi connectivity index (χ1n) is 6.26. The molecule has 0 aliphatic heterocycles. The summed E-state index contributed by atoms with van der Waals surface area (Å²) in [7, 11) is 0. The summed E-state index contributed by atoms with van der Waals surface area (Å²) < 4.78 is 0. The molecule has 0 amide bonds. The van der Waals surface area contributed by atoms with Crippen molar-refractivity contribution >= 4 is 35.8 Å². The molecule has 29 heavy (non-hydrogen) atoms. The minimum atomic E-state index is -2.91. The number of aliphatic carboxylic acids is 6. The predicted octanol–water partition coefficient (Wildman–Crippen LogP) is -7.09. The maximum Gasteiger partial charge on any atom is 2.00 e. The van der Waals surface area contributed by atoms with Gasteiger partial charge < -0.3 is 72.3 Å². The third kappa shape index (κ3) is 15.9. The smallest absolute Gasteiger partial charge is 0.550 e. The molecule has 17 heteroatoms. The van der Waals surface area contributed by atoms with Gasteiger partial charge >= 0.3 is 28.4 Å². The number of carboxylic acid groups (broad SMARTS) is 6. The molecule has 0 aromatic heterocycles. The summed E-state index contributed by atoms with van der Waals surface area (Å²) in [6, 6.07) is 0. The monoisotopic (exact) mass is 474 g/mol. The van der Waals surface area contributed by atoms with Gasteiger partial charge in [0.1, 0.15) is 11.2 Å². The molecule has 0 rings (SSSR count). The molecular formula is C12H20N2NiO14. The van der Waals surface area contributed by atoms with Crippen molar-refractivity contribution in [3.8, 4) is 0 Å². The number of carboxylic acids is 6. The van der Waals surface area contributed by atoms with Gasteiger partial charge in [-0.05, 0) is 0 Å². The van der Waals surface area contributed by atoms with Gasteiger partial charge in [-0.2, -0.15) is 0 Å². The molecule has 0 heterocycles. The molecule has 0 radical (unpaired) electrons. The fraction of sp³-hybridized carbons (Fsp3) is 0.500. The minimum Gasteiger partial charge on any atom is -0.550 e. The third-order valence-electron chi connectivity index (χ3n) is 2.52. The molecular weight excluding hydrogens is 455 g/mol. The van der Waals surface area contributed by atoms with E-state index in [0.717, 1.165) is 0 Å². The molecule has 0 aromatic carbocycles. The number of aliphatic hydroxyl groups is 2. The van der Waals surface area contributed by atoms with Gasteiger partial charge in [0.2, 0.25) is 0 Å². The average Bonchev–Trinajstić information content (AvgIpc) is 2.34. The SMILES string of the molecule is O=C([O-])CC(O)(CC(=O)O)C(=O)[O-].O=C([O-])CC(O)(CC(=O)O)C(=O)[O-].[NH4+].[NH4+].[Ni+2]. The number of quaternary nitrogens is 2. The van der Waals surface area contributed by atoms with Crippen LogP contribution >= 0.6 is 0 Å². The van der Waals surface area contributed by atoms with Crippen molar-refractivity contribution in [1.29, 1.82) is 0 Å². The Labute approximate surface area is 171 Å². The van der Waals surface area contributed by atoms with Crippen LogP contribution in [0.5, 0.6) is 0 Å². The van der Waals surface area contributed by atoms with Crippen LogP contribution in [0.4, 0.5) is 0 Å². The second-order valence-corrected chi connectivity index (χ2v) is 4.88. The Morgan fingerprint density at radius 1 is 0.586 bits per heavy atom. The van der Waals surface area contributed by atoms with E-state index in [4.69, 9.17) is 20.4 Å². The van der Waals surface area contributed by atoms with Gasteiger partial charge in [-0.25, -0.2) is 0 Å². The van der Waals surface area contributed by atoms with Crippen molar-refractivity contribution in [3.63, 3.8) is 0 Å². The molecule has 2 atom stereocenters. The Kier molecular flexibility index (Phi) is 19.3. The molecule has 0 aliphatic carbocycles. The number of hydrogen-bond acceptors (Lipinski definition) is 12. The Balaban J connectivity index is -0.000000120. The normalized spacial score (nSPS) is 13.0. The van der Waals surface area contributed by atoms with Gasteiger partial charge in [0.05, 0.1) is 24.8 Å². The molecule has 0 aliphatic rings. The Morgan fingerprint density at radius 3 is 0.897 bits per heavy atom. The van der Waals surface area contributed by atoms with Gasteiger partial charge in [0.25, 0.3) is 0 Å². The van der Waals surface area contributed by atoms with E-state index in [0.29, 0.717) is 0 Å². The van der Waals surface area contributed by atoms with Crippen LogP contribution in [-0.4, -0.2) is 67.4 Å². The van der Waals surface area contributed by atoms with Crippen LogP contribution < -0.4 is 32.7 Å². The van der Waals surface area contributed by atoms with Crippen LogP contribution in [0.2, 0.25) is 0 Å². The van der Waals surface area contributed by atoms with Crippen molar-refractivity contribution < 1.29 is 86.1 Å². The first-order chi connectivity index (χ1) is 11.6. The summed E-state index contributed by atoms with van der Waals surface area (Å²) in [6.07, 6.45) is -5.13. The van der Waals surface area contributed by atoms with Crippen LogP contribution in [0.25, 0.3) is 0 Å². The fourth-order valence-corrected chi connectivity index (χ4v) is 1.39. The van der Waals surface area contributed by atoms with Crippen LogP contribution in [0.15, 0.2) is 0 Å². The topological polar surface area (TPSA) is 349 Å². The first-order valence-corrected chi connectivity index (χ1v) is 6.26. The number of carbonyl (C=O) groups excluding carboxylic acids is 4. The number of rotatable bonds is 10. The van der Waals surface area contributed by atoms with E-state index in [9.17, 15) is 49.2 Å². The van der Waals surface area contributed by atoms with E-state index in [2.05, 4.69) is 0 Å². The molecule has 0 saturated heterocycles. The zero-order valence-corrected chi connectivity index (χ0v) is 16.0. The molecule has 2 unspecified atom stereocenters. The van der Waals surface area contributed by atoms with E-state index in [1.807, 2.05) is 0 Å². The Morgan fingerprint density at radius 2 is 0.793 bits per heavy atom. The molecule has 0 saturated carbocycles. The summed E-state index contributed by atoms with van der Waals surface area (Å²) in [6.45, 7) is 0. The van der Waals surface area contributed by atoms with Crippen LogP contribution in [0.1, 0.15) is 25.7 Å². The summed E-state index contributed by atoms with van der Waals surface area (Å²) in [4.78, 5) is 60.3. The van der Waals surface area contributed by atoms with Gasteiger partial charge in [0, 0.05) is 24.8 Å². The van der Waals surface area contributed by atoms with Crippen LogP contribution in [0.3, 0.4) is 0 Å². The number of carbonyl (C=O) groups is 6. The summed E-state index contributed by atoms with van der Waals surface area (Å²) in [5.41, 5.74) is -5.82. The molecule has 0 aromatic rings. The van der Waals surface area contributed by atoms with Crippen molar-refractivity contribution in [1.82, 2.24) is 12.3 Å². The largest absolute Gasteiger partial charge is 2.00 e. The van der Waals surface area contributed by atoms with Gasteiger partial charge in [-0.1, -0.05) is 0 Å². The standard InChI is InChI=1S/2C6H8O7.2H3N.Ni/c2*7-3(8)1-6(13,5(11)12)2-4(9)10;;;/h2*13H,1-2H2,(H,7,8)(H,9,10)(H,11,12);2*1H3;/q;;;;+2/p-2. The molecule has 0 bridgehead atoms. The van der Waals surface area contributed by atoms with Crippen molar-refractivity contribution in [3.05, 3.63) is 0 Å². The zero-order valence-electron chi connectivity index (χ0n) is 15.0. The summed E-state index contributed by atoms with van der Waals surface area (Å²) in [5, 5.41) is 74.5. The van der Waals surface area contributed by atoms with Gasteiger partial charge in [-0.3, -0.25) is 9.59 Å². The summed E-state index contributed by atoms with van der Waals surface area (Å²) in [5.74, 6) is -11.3. The van der Waals surface area contributed by atoms with Crippen molar-refractivity contribution in [2.24, 2.45) is 0 Å². The maximum atomic E-state index is 10.2. The van der Waals surface area contributed by atoms with Crippen LogP contribution in [0, 0.1) is 0 Å². The van der Waals surface area contributed by atoms with E-state index in [1.54, 1.807) is 0 Å². The van der Waals surface area contributed by atoms with E-state index in [-0.39, 0.29) is 28.8 Å². The second kappa shape index (κ2) is 15.1. The molecule has 16 nitrogen and oxygen atoms in total. The first kappa shape index (κ1) is 37.0. The molecule has 0 spiro atoms. The van der Waals surface area contributed by atoms with E-state index < -0.39 is 72.7 Å². The van der Waals surface area contributed by atoms with Gasteiger partial charge in [0.15, 0.2) is 0 Å². The molecule has 12 N–H and O–H groups in total. The minimum absolute atomic E-state index is 0. The summed E-state index contributed by atoms with van der Waals surface area (Å²) >= 11 is 0. The van der Waals surface area contributed by atoms with Gasteiger partial charge in [-0.15, -0.1) is 0 Å². The van der Waals surface area contributed by atoms with E-state index in [1.165, 1.54) is 0 Å². The molecule has 0 fully saturated rings. The maximum absolute atomic E-state index is 10.2. The zero-order chi connectivity index (χ0) is 21.3. The third-order valence-corrected chi connectivity index (χ3v) is 2.52. The Hall–Kier alpha value is -2.85. The number of hydrogen-bond donors (Lipinski definition) is 6. The Bertz CT molecular complexity index is 523. The molecule has 172 valence electrons. The van der Waals surface area contributed by atoms with E-state index >= 15 is 0 Å². The van der Waals surface area contributed by atoms with Crippen LogP contribution in [-0.2, 0) is 45.3 Å². The predicted molar refractivity (Wildman–Crippen MR) is 75.6 cm³/mol. The fourth-order valence-electron chi connectivity index (χ4n) is 1.39. The average molecular weight is 475 g/mol.